The van der Waals surface area contributed by atoms with Crippen LogP contribution in [0.25, 0.3) is 11.1 Å². The Balaban J connectivity index is 1.46. The molecule has 0 radical (unpaired) electrons. The predicted octanol–water partition coefficient (Wildman–Crippen LogP) is 5.11. The minimum Gasteiger partial charge on any atom is -0.481 e. The standard InChI is InChI=1S/C32H36N2O6/c1-20(2)28(17-29(35)36)33-31(37)30(21(3)39-18-22-11-5-4-6-12-22)34-32(38)40-19-27-25-15-9-7-13-23(25)24-14-8-10-16-26(24)27/h4-16,20-21,27-28,30H,17-19H2,1-3H3,(H,33,37)(H,34,38)(H,35,36)/t21?,28-,30?/m0/s1. The highest BCUT2D eigenvalue weighted by Crippen LogP contribution is 2.44. The molecule has 0 spiro atoms. The van der Waals surface area contributed by atoms with Gasteiger partial charge in [-0.2, -0.15) is 0 Å². The number of benzene rings is 3. The van der Waals surface area contributed by atoms with Crippen molar-refractivity contribution in [1.29, 1.82) is 0 Å². The first-order valence-electron chi connectivity index (χ1n) is 13.5. The number of nitrogens with one attached hydrogen (secondary N) is 2. The highest BCUT2D eigenvalue weighted by atomic mass is 16.5. The number of hydrogen-bond donors (Lipinski definition) is 3. The molecule has 3 aromatic carbocycles. The number of fused-ring (bicyclic) bond motifs is 3. The van der Waals surface area contributed by atoms with E-state index in [1.54, 1.807) is 6.92 Å². The van der Waals surface area contributed by atoms with Crippen molar-refractivity contribution in [2.24, 2.45) is 5.92 Å². The summed E-state index contributed by atoms with van der Waals surface area (Å²) in [7, 11) is 0. The van der Waals surface area contributed by atoms with Gasteiger partial charge >= 0.3 is 12.1 Å². The Hall–Kier alpha value is -4.17. The topological polar surface area (TPSA) is 114 Å². The number of carbonyl (C=O) groups is 3. The first kappa shape index (κ1) is 28.8. The van der Waals surface area contributed by atoms with Gasteiger partial charge in [-0.25, -0.2) is 4.79 Å². The number of alkyl carbamates (subject to hydrolysis) is 1. The van der Waals surface area contributed by atoms with Crippen LogP contribution in [0.15, 0.2) is 78.9 Å². The Morgan fingerprint density at radius 1 is 0.825 bits per heavy atom. The number of carboxylic acid groups (broad SMARTS) is 1. The summed E-state index contributed by atoms with van der Waals surface area (Å²) in [5.74, 6) is -1.81. The number of carboxylic acids is 1. The Morgan fingerprint density at radius 3 is 1.98 bits per heavy atom. The lowest BCUT2D eigenvalue weighted by Gasteiger charge is -2.28. The van der Waals surface area contributed by atoms with Crippen LogP contribution in [0.1, 0.15) is 49.8 Å². The van der Waals surface area contributed by atoms with Gasteiger partial charge in [0.05, 0.1) is 19.1 Å². The number of carbonyl (C=O) groups excluding carboxylic acids is 2. The maximum Gasteiger partial charge on any atom is 0.407 e. The van der Waals surface area contributed by atoms with Crippen LogP contribution >= 0.6 is 0 Å². The zero-order valence-electron chi connectivity index (χ0n) is 23.0. The van der Waals surface area contributed by atoms with Gasteiger partial charge in [-0.15, -0.1) is 0 Å². The zero-order valence-corrected chi connectivity index (χ0v) is 23.0. The summed E-state index contributed by atoms with van der Waals surface area (Å²) in [5, 5.41) is 14.8. The third kappa shape index (κ3) is 7.07. The van der Waals surface area contributed by atoms with Crippen molar-refractivity contribution in [3.8, 4) is 11.1 Å². The molecular formula is C32H36N2O6. The lowest BCUT2D eigenvalue weighted by Crippen LogP contribution is -2.56. The van der Waals surface area contributed by atoms with Crippen molar-refractivity contribution in [2.45, 2.75) is 57.9 Å². The summed E-state index contributed by atoms with van der Waals surface area (Å²) in [6, 6.07) is 23.9. The molecule has 0 saturated heterocycles. The maximum atomic E-state index is 13.4. The SMILES string of the molecule is CC(OCc1ccccc1)C(NC(=O)OCC1c2ccccc2-c2ccccc21)C(=O)N[C@@H](CC(=O)O)C(C)C. The minimum atomic E-state index is -1.10. The molecular weight excluding hydrogens is 508 g/mol. The van der Waals surface area contributed by atoms with Crippen LogP contribution in [0, 0.1) is 5.92 Å². The molecule has 1 aliphatic rings. The smallest absolute Gasteiger partial charge is 0.407 e. The maximum absolute atomic E-state index is 13.4. The monoisotopic (exact) mass is 544 g/mol. The highest BCUT2D eigenvalue weighted by molar-refractivity contribution is 5.87. The van der Waals surface area contributed by atoms with Crippen LogP contribution in [0.4, 0.5) is 4.79 Å². The summed E-state index contributed by atoms with van der Waals surface area (Å²) in [6.07, 6.45) is -1.71. The van der Waals surface area contributed by atoms with Gasteiger partial charge in [0.2, 0.25) is 5.91 Å². The van der Waals surface area contributed by atoms with Gasteiger partial charge in [0.15, 0.2) is 0 Å². The average Bonchev–Trinajstić information content (AvgIpc) is 3.27. The molecule has 0 heterocycles. The van der Waals surface area contributed by atoms with E-state index in [0.29, 0.717) is 0 Å². The fourth-order valence-electron chi connectivity index (χ4n) is 4.98. The van der Waals surface area contributed by atoms with Crippen molar-refractivity contribution in [3.05, 3.63) is 95.6 Å². The molecule has 0 fully saturated rings. The summed E-state index contributed by atoms with van der Waals surface area (Å²) < 4.78 is 11.6. The van der Waals surface area contributed by atoms with E-state index >= 15 is 0 Å². The molecule has 3 aromatic rings. The van der Waals surface area contributed by atoms with Crippen LogP contribution in [0.3, 0.4) is 0 Å². The molecule has 1 aliphatic carbocycles. The lowest BCUT2D eigenvalue weighted by atomic mass is 9.98. The number of hydrogen-bond acceptors (Lipinski definition) is 5. The molecule has 4 rings (SSSR count). The fraction of sp³-hybridized carbons (Fsp3) is 0.344. The highest BCUT2D eigenvalue weighted by Gasteiger charge is 2.33. The largest absolute Gasteiger partial charge is 0.481 e. The van der Waals surface area contributed by atoms with E-state index in [4.69, 9.17) is 9.47 Å². The molecule has 40 heavy (non-hydrogen) atoms. The third-order valence-corrected chi connectivity index (χ3v) is 7.25. The van der Waals surface area contributed by atoms with Gasteiger partial charge in [0.1, 0.15) is 12.6 Å². The van der Waals surface area contributed by atoms with Gasteiger partial charge in [-0.1, -0.05) is 92.7 Å². The number of amides is 2. The Morgan fingerprint density at radius 2 is 1.40 bits per heavy atom. The van der Waals surface area contributed by atoms with Gasteiger partial charge in [-0.3, -0.25) is 9.59 Å². The minimum absolute atomic E-state index is 0.0983. The van der Waals surface area contributed by atoms with Crippen LogP contribution in [-0.2, 0) is 25.7 Å². The normalized spacial score (nSPS) is 14.5. The molecule has 0 saturated carbocycles. The Labute approximate surface area is 234 Å². The summed E-state index contributed by atoms with van der Waals surface area (Å²) >= 11 is 0. The lowest BCUT2D eigenvalue weighted by molar-refractivity contribution is -0.138. The number of rotatable bonds is 12. The molecule has 0 aliphatic heterocycles. The first-order chi connectivity index (χ1) is 19.2. The van der Waals surface area contributed by atoms with Crippen molar-refractivity contribution < 1.29 is 29.0 Å². The van der Waals surface area contributed by atoms with E-state index in [-0.39, 0.29) is 31.5 Å². The summed E-state index contributed by atoms with van der Waals surface area (Å²) in [5.41, 5.74) is 5.31. The molecule has 2 amide bonds. The van der Waals surface area contributed by atoms with Crippen LogP contribution < -0.4 is 10.6 Å². The third-order valence-electron chi connectivity index (χ3n) is 7.25. The second-order valence-corrected chi connectivity index (χ2v) is 10.4. The van der Waals surface area contributed by atoms with Crippen LogP contribution in [0.5, 0.6) is 0 Å². The van der Waals surface area contributed by atoms with Crippen molar-refractivity contribution in [2.75, 3.05) is 6.61 Å². The number of aliphatic carboxylic acids is 1. The van der Waals surface area contributed by atoms with Crippen LogP contribution in [-0.4, -0.2) is 47.9 Å². The zero-order chi connectivity index (χ0) is 28.6. The fourth-order valence-corrected chi connectivity index (χ4v) is 4.98. The van der Waals surface area contributed by atoms with Gasteiger partial charge in [-0.05, 0) is 40.7 Å². The second kappa shape index (κ2) is 13.3. The Bertz CT molecular complexity index is 1280. The molecule has 3 atom stereocenters. The van der Waals surface area contributed by atoms with E-state index in [1.807, 2.05) is 80.6 Å². The molecule has 2 unspecified atom stereocenters. The van der Waals surface area contributed by atoms with Crippen molar-refractivity contribution >= 4 is 18.0 Å². The van der Waals surface area contributed by atoms with E-state index < -0.39 is 36.2 Å². The predicted molar refractivity (Wildman–Crippen MR) is 152 cm³/mol. The van der Waals surface area contributed by atoms with Crippen molar-refractivity contribution in [3.63, 3.8) is 0 Å². The Kier molecular flexibility index (Phi) is 9.56. The quantitative estimate of drug-likeness (QED) is 0.292. The molecule has 0 bridgehead atoms. The number of ether oxygens (including phenoxy) is 2. The molecule has 210 valence electrons. The van der Waals surface area contributed by atoms with E-state index in [9.17, 15) is 19.5 Å². The summed E-state index contributed by atoms with van der Waals surface area (Å²) in [6.45, 7) is 5.69. The average molecular weight is 545 g/mol. The molecule has 8 heteroatoms. The van der Waals surface area contributed by atoms with Gasteiger partial charge in [0, 0.05) is 12.0 Å². The second-order valence-electron chi connectivity index (χ2n) is 10.4. The molecule has 8 nitrogen and oxygen atoms in total. The molecule has 3 N–H and O–H groups in total. The van der Waals surface area contributed by atoms with Gasteiger partial charge in [0.25, 0.3) is 0 Å². The summed E-state index contributed by atoms with van der Waals surface area (Å²) in [4.78, 5) is 37.8. The van der Waals surface area contributed by atoms with Crippen molar-refractivity contribution in [1.82, 2.24) is 10.6 Å². The van der Waals surface area contributed by atoms with Gasteiger partial charge < -0.3 is 25.2 Å². The molecule has 0 aromatic heterocycles. The van der Waals surface area contributed by atoms with E-state index in [1.165, 1.54) is 0 Å². The van der Waals surface area contributed by atoms with E-state index in [0.717, 1.165) is 27.8 Å². The first-order valence-corrected chi connectivity index (χ1v) is 13.5. The van der Waals surface area contributed by atoms with E-state index in [2.05, 4.69) is 22.8 Å². The van der Waals surface area contributed by atoms with Crippen LogP contribution in [0.2, 0.25) is 0 Å².